The van der Waals surface area contributed by atoms with Crippen LogP contribution in [0.4, 0.5) is 5.13 Å². The zero-order chi connectivity index (χ0) is 25.2. The molecule has 12 heteroatoms. The van der Waals surface area contributed by atoms with E-state index in [0.717, 1.165) is 28.4 Å². The van der Waals surface area contributed by atoms with Crippen molar-refractivity contribution in [1.29, 1.82) is 5.26 Å². The van der Waals surface area contributed by atoms with Gasteiger partial charge in [-0.25, -0.2) is 9.97 Å². The molecule has 3 heterocycles. The number of aliphatic carboxylic acids is 1. The third-order valence-electron chi connectivity index (χ3n) is 5.54. The molecule has 5 rings (SSSR count). The molecule has 0 aliphatic carbocycles. The molecule has 0 unspecified atom stereocenters. The van der Waals surface area contributed by atoms with Crippen LogP contribution in [0.1, 0.15) is 16.2 Å². The average molecular weight is 506 g/mol. The maximum atomic E-state index is 12.3. The number of hydrogen-bond acceptors (Lipinski definition) is 10. The van der Waals surface area contributed by atoms with Gasteiger partial charge in [0, 0.05) is 29.9 Å². The second-order valence-electron chi connectivity index (χ2n) is 7.88. The van der Waals surface area contributed by atoms with Gasteiger partial charge in [0.05, 0.1) is 23.4 Å². The second kappa shape index (κ2) is 9.65. The topological polar surface area (TPSA) is 158 Å². The zero-order valence-corrected chi connectivity index (χ0v) is 19.5. The van der Waals surface area contributed by atoms with Crippen LogP contribution < -0.4 is 15.0 Å². The molecule has 2 aromatic heterocycles. The molecule has 3 N–H and O–H groups in total. The number of carbonyl (C=O) groups is 2. The molecule has 1 amide bonds. The monoisotopic (exact) mass is 505 g/mol. The number of carbonyl (C=O) groups excluding carboxylic acids is 1. The van der Waals surface area contributed by atoms with Gasteiger partial charge in [0.1, 0.15) is 29.8 Å². The standard InChI is InChI=1S/C24H19N5O6S/c25-11-18-15-3-1-13(9-16(15)22(32)21(27-18)23(33)26-12-20(30)31)35-14-2-4-17-19(10-14)36-24(28-17)29-5-7-34-8-6-29/h1-4,9-10,32H,5-8,12H2,(H,26,33)(H,30,31). The highest BCUT2D eigenvalue weighted by Gasteiger charge is 2.21. The van der Waals surface area contributed by atoms with Gasteiger partial charge in [-0.2, -0.15) is 5.26 Å². The van der Waals surface area contributed by atoms with Crippen LogP contribution in [0, 0.1) is 11.3 Å². The van der Waals surface area contributed by atoms with Crippen LogP contribution in [0.2, 0.25) is 0 Å². The van der Waals surface area contributed by atoms with E-state index in [1.165, 1.54) is 6.07 Å². The van der Waals surface area contributed by atoms with Crippen LogP contribution >= 0.6 is 11.3 Å². The first-order valence-corrected chi connectivity index (χ1v) is 11.7. The lowest BCUT2D eigenvalue weighted by atomic mass is 10.1. The van der Waals surface area contributed by atoms with Crippen LogP contribution in [0.5, 0.6) is 17.2 Å². The summed E-state index contributed by atoms with van der Waals surface area (Å²) in [5.74, 6) is -1.74. The normalized spacial score (nSPS) is 13.5. The number of aromatic hydroxyl groups is 1. The number of ether oxygens (including phenoxy) is 2. The van der Waals surface area contributed by atoms with E-state index in [-0.39, 0.29) is 11.1 Å². The molecule has 0 atom stereocenters. The Bertz CT molecular complexity index is 1540. The third kappa shape index (κ3) is 4.57. The average Bonchev–Trinajstić information content (AvgIpc) is 3.32. The van der Waals surface area contributed by atoms with E-state index in [9.17, 15) is 20.0 Å². The lowest BCUT2D eigenvalue weighted by Crippen LogP contribution is -2.36. The number of nitrogens with one attached hydrogen (secondary N) is 1. The van der Waals surface area contributed by atoms with E-state index in [1.807, 2.05) is 18.2 Å². The lowest BCUT2D eigenvalue weighted by molar-refractivity contribution is -0.135. The summed E-state index contributed by atoms with van der Waals surface area (Å²) in [6.07, 6.45) is 0. The van der Waals surface area contributed by atoms with Crippen LogP contribution in [-0.4, -0.2) is 64.9 Å². The molecular weight excluding hydrogens is 486 g/mol. The molecule has 1 aliphatic heterocycles. The van der Waals surface area contributed by atoms with E-state index in [4.69, 9.17) is 19.6 Å². The first-order chi connectivity index (χ1) is 17.4. The zero-order valence-electron chi connectivity index (χ0n) is 18.7. The van der Waals surface area contributed by atoms with E-state index in [2.05, 4.69) is 15.2 Å². The summed E-state index contributed by atoms with van der Waals surface area (Å²) in [5, 5.41) is 32.5. The molecule has 4 aromatic rings. The number of nitriles is 1. The van der Waals surface area contributed by atoms with Gasteiger partial charge in [-0.05, 0) is 30.3 Å². The Morgan fingerprint density at radius 3 is 2.64 bits per heavy atom. The Kier molecular flexibility index (Phi) is 6.24. The van der Waals surface area contributed by atoms with Crippen LogP contribution in [0.25, 0.3) is 21.0 Å². The Morgan fingerprint density at radius 2 is 1.89 bits per heavy atom. The Morgan fingerprint density at radius 1 is 1.14 bits per heavy atom. The van der Waals surface area contributed by atoms with Crippen LogP contribution in [0.15, 0.2) is 36.4 Å². The van der Waals surface area contributed by atoms with E-state index < -0.39 is 29.9 Å². The predicted molar refractivity (Wildman–Crippen MR) is 131 cm³/mol. The Hall–Kier alpha value is -4.47. The van der Waals surface area contributed by atoms with Crippen molar-refractivity contribution in [2.45, 2.75) is 0 Å². The Balaban J connectivity index is 1.45. The first kappa shape index (κ1) is 23.3. The molecule has 1 saturated heterocycles. The van der Waals surface area contributed by atoms with Crippen molar-refractivity contribution >= 4 is 49.3 Å². The number of morpholine rings is 1. The van der Waals surface area contributed by atoms with Crippen molar-refractivity contribution in [2.24, 2.45) is 0 Å². The lowest BCUT2D eigenvalue weighted by Gasteiger charge is -2.25. The minimum Gasteiger partial charge on any atom is -0.505 e. The molecule has 2 aromatic carbocycles. The summed E-state index contributed by atoms with van der Waals surface area (Å²) in [6, 6.07) is 12.1. The number of hydrogen-bond donors (Lipinski definition) is 3. The number of thiazole rings is 1. The summed E-state index contributed by atoms with van der Waals surface area (Å²) in [4.78, 5) is 33.9. The van der Waals surface area contributed by atoms with Crippen molar-refractivity contribution in [3.8, 4) is 23.3 Å². The van der Waals surface area contributed by atoms with E-state index in [0.29, 0.717) is 30.1 Å². The van der Waals surface area contributed by atoms with Gasteiger partial charge < -0.3 is 29.9 Å². The number of anilines is 1. The Labute approximate surface area is 208 Å². The van der Waals surface area contributed by atoms with Crippen molar-refractivity contribution in [1.82, 2.24) is 15.3 Å². The number of benzene rings is 2. The number of amides is 1. The number of fused-ring (bicyclic) bond motifs is 2. The third-order valence-corrected chi connectivity index (χ3v) is 6.62. The summed E-state index contributed by atoms with van der Waals surface area (Å²) in [5.41, 5.74) is 0.322. The smallest absolute Gasteiger partial charge is 0.322 e. The summed E-state index contributed by atoms with van der Waals surface area (Å²) >= 11 is 1.56. The van der Waals surface area contributed by atoms with Gasteiger partial charge >= 0.3 is 5.97 Å². The maximum absolute atomic E-state index is 12.3. The molecule has 1 fully saturated rings. The molecule has 0 spiro atoms. The highest BCUT2D eigenvalue weighted by Crippen LogP contribution is 2.36. The summed E-state index contributed by atoms with van der Waals surface area (Å²) in [7, 11) is 0. The quantitative estimate of drug-likeness (QED) is 0.356. The minimum absolute atomic E-state index is 0.0865. The van der Waals surface area contributed by atoms with Crippen molar-refractivity contribution < 1.29 is 29.3 Å². The largest absolute Gasteiger partial charge is 0.505 e. The fourth-order valence-electron chi connectivity index (χ4n) is 3.81. The first-order valence-electron chi connectivity index (χ1n) is 10.9. The van der Waals surface area contributed by atoms with E-state index in [1.54, 1.807) is 29.5 Å². The molecule has 0 bridgehead atoms. The van der Waals surface area contributed by atoms with Gasteiger partial charge in [-0.3, -0.25) is 9.59 Å². The summed E-state index contributed by atoms with van der Waals surface area (Å²) < 4.78 is 12.4. The molecule has 36 heavy (non-hydrogen) atoms. The van der Waals surface area contributed by atoms with Crippen LogP contribution in [0.3, 0.4) is 0 Å². The molecule has 0 radical (unpaired) electrons. The molecule has 11 nitrogen and oxygen atoms in total. The minimum atomic E-state index is -1.25. The van der Waals surface area contributed by atoms with Crippen molar-refractivity contribution in [2.75, 3.05) is 37.7 Å². The highest BCUT2D eigenvalue weighted by atomic mass is 32.1. The van der Waals surface area contributed by atoms with Gasteiger partial charge in [-0.15, -0.1) is 0 Å². The predicted octanol–water partition coefficient (Wildman–Crippen LogP) is 2.87. The van der Waals surface area contributed by atoms with Crippen molar-refractivity contribution in [3.63, 3.8) is 0 Å². The molecule has 182 valence electrons. The second-order valence-corrected chi connectivity index (χ2v) is 8.89. The number of aromatic nitrogens is 2. The number of nitrogens with zero attached hydrogens (tertiary/aromatic N) is 4. The number of carboxylic acid groups (broad SMARTS) is 1. The maximum Gasteiger partial charge on any atom is 0.322 e. The fourth-order valence-corrected chi connectivity index (χ4v) is 4.85. The molecular formula is C24H19N5O6S. The number of pyridine rings is 1. The van der Waals surface area contributed by atoms with Gasteiger partial charge in [0.25, 0.3) is 5.91 Å². The van der Waals surface area contributed by atoms with Gasteiger partial charge in [-0.1, -0.05) is 11.3 Å². The van der Waals surface area contributed by atoms with Gasteiger partial charge in [0.15, 0.2) is 16.6 Å². The van der Waals surface area contributed by atoms with E-state index >= 15 is 0 Å². The summed E-state index contributed by atoms with van der Waals surface area (Å²) in [6.45, 7) is 2.27. The molecule has 0 saturated carbocycles. The SMILES string of the molecule is N#Cc1nc(C(=O)NCC(=O)O)c(O)c2cc(Oc3ccc4nc(N5CCOCC5)sc4c3)ccc12. The number of rotatable bonds is 6. The number of carboxylic acids is 1. The highest BCUT2D eigenvalue weighted by molar-refractivity contribution is 7.22. The molecule has 1 aliphatic rings. The van der Waals surface area contributed by atoms with Crippen LogP contribution in [-0.2, 0) is 9.53 Å². The van der Waals surface area contributed by atoms with Gasteiger partial charge in [0.2, 0.25) is 0 Å². The van der Waals surface area contributed by atoms with Crippen molar-refractivity contribution in [3.05, 3.63) is 47.8 Å². The fraction of sp³-hybridized carbons (Fsp3) is 0.208.